The standard InChI is InChI=1S/C14H20ClNS/c1-11(10-16-13-6-2-3-7-13)17-14-8-4-5-12(15)9-14/h4-5,8-9,11,13,16H,2-3,6-7,10H2,1H3. The van der Waals surface area contributed by atoms with Gasteiger partial charge in [0.2, 0.25) is 0 Å². The fraction of sp³-hybridized carbons (Fsp3) is 0.571. The van der Waals surface area contributed by atoms with Crippen LogP contribution in [0.1, 0.15) is 32.6 Å². The van der Waals surface area contributed by atoms with E-state index in [2.05, 4.69) is 18.3 Å². The molecule has 2 rings (SSSR count). The highest BCUT2D eigenvalue weighted by Gasteiger charge is 2.15. The largest absolute Gasteiger partial charge is 0.313 e. The van der Waals surface area contributed by atoms with Crippen molar-refractivity contribution in [1.29, 1.82) is 0 Å². The summed E-state index contributed by atoms with van der Waals surface area (Å²) in [7, 11) is 0. The second-order valence-electron chi connectivity index (χ2n) is 4.78. The Morgan fingerprint density at radius 3 is 2.88 bits per heavy atom. The van der Waals surface area contributed by atoms with Crippen molar-refractivity contribution in [2.24, 2.45) is 0 Å². The van der Waals surface area contributed by atoms with Crippen molar-refractivity contribution in [1.82, 2.24) is 5.32 Å². The van der Waals surface area contributed by atoms with E-state index in [1.165, 1.54) is 30.6 Å². The third-order valence-corrected chi connectivity index (χ3v) is 4.51. The maximum atomic E-state index is 5.98. The lowest BCUT2D eigenvalue weighted by molar-refractivity contribution is 0.527. The summed E-state index contributed by atoms with van der Waals surface area (Å²) in [5.74, 6) is 0. The maximum absolute atomic E-state index is 5.98. The molecule has 1 N–H and O–H groups in total. The van der Waals surface area contributed by atoms with Crippen molar-refractivity contribution in [3.05, 3.63) is 29.3 Å². The van der Waals surface area contributed by atoms with E-state index in [0.717, 1.165) is 17.6 Å². The van der Waals surface area contributed by atoms with Crippen LogP contribution in [-0.2, 0) is 0 Å². The first-order valence-electron chi connectivity index (χ1n) is 6.39. The lowest BCUT2D eigenvalue weighted by atomic mass is 10.2. The Bertz CT molecular complexity index is 350. The normalized spacial score (nSPS) is 18.5. The number of benzene rings is 1. The summed E-state index contributed by atoms with van der Waals surface area (Å²) in [4.78, 5) is 1.26. The van der Waals surface area contributed by atoms with E-state index in [9.17, 15) is 0 Å². The van der Waals surface area contributed by atoms with E-state index in [4.69, 9.17) is 11.6 Å². The molecule has 1 aromatic rings. The number of halogens is 1. The highest BCUT2D eigenvalue weighted by molar-refractivity contribution is 8.00. The van der Waals surface area contributed by atoms with E-state index in [1.54, 1.807) is 0 Å². The Morgan fingerprint density at radius 1 is 1.41 bits per heavy atom. The number of hydrogen-bond acceptors (Lipinski definition) is 2. The van der Waals surface area contributed by atoms with Gasteiger partial charge < -0.3 is 5.32 Å². The van der Waals surface area contributed by atoms with Crippen molar-refractivity contribution in [2.75, 3.05) is 6.54 Å². The lowest BCUT2D eigenvalue weighted by Gasteiger charge is -2.16. The highest BCUT2D eigenvalue weighted by Crippen LogP contribution is 2.26. The molecule has 17 heavy (non-hydrogen) atoms. The summed E-state index contributed by atoms with van der Waals surface area (Å²) in [6.07, 6.45) is 5.50. The molecule has 0 spiro atoms. The molecule has 1 aliphatic rings. The van der Waals surface area contributed by atoms with E-state index in [-0.39, 0.29) is 0 Å². The third-order valence-electron chi connectivity index (χ3n) is 3.18. The zero-order valence-corrected chi connectivity index (χ0v) is 11.9. The quantitative estimate of drug-likeness (QED) is 0.798. The van der Waals surface area contributed by atoms with Gasteiger partial charge in [-0.25, -0.2) is 0 Å². The Morgan fingerprint density at radius 2 is 2.18 bits per heavy atom. The lowest BCUT2D eigenvalue weighted by Crippen LogP contribution is -2.31. The van der Waals surface area contributed by atoms with Gasteiger partial charge in [0.05, 0.1) is 0 Å². The topological polar surface area (TPSA) is 12.0 Å². The third kappa shape index (κ3) is 4.53. The smallest absolute Gasteiger partial charge is 0.0417 e. The molecule has 94 valence electrons. The summed E-state index contributed by atoms with van der Waals surface area (Å²) in [5, 5.41) is 5.08. The Balaban J connectivity index is 1.74. The van der Waals surface area contributed by atoms with Crippen LogP contribution in [0.15, 0.2) is 29.2 Å². The minimum absolute atomic E-state index is 0.592. The zero-order valence-electron chi connectivity index (χ0n) is 10.3. The molecule has 3 heteroatoms. The molecule has 0 aromatic heterocycles. The summed E-state index contributed by atoms with van der Waals surface area (Å²) in [6, 6.07) is 8.87. The average Bonchev–Trinajstić information content (AvgIpc) is 2.79. The van der Waals surface area contributed by atoms with E-state index < -0.39 is 0 Å². The predicted octanol–water partition coefficient (Wildman–Crippen LogP) is 4.35. The Labute approximate surface area is 113 Å². The average molecular weight is 270 g/mol. The van der Waals surface area contributed by atoms with Crippen molar-refractivity contribution in [3.8, 4) is 0 Å². The van der Waals surface area contributed by atoms with Crippen molar-refractivity contribution >= 4 is 23.4 Å². The van der Waals surface area contributed by atoms with Crippen LogP contribution in [0.4, 0.5) is 0 Å². The number of thioether (sulfide) groups is 1. The van der Waals surface area contributed by atoms with Gasteiger partial charge in [0.1, 0.15) is 0 Å². The molecule has 1 saturated carbocycles. The van der Waals surface area contributed by atoms with E-state index >= 15 is 0 Å². The van der Waals surface area contributed by atoms with Gasteiger partial charge in [0.15, 0.2) is 0 Å². The van der Waals surface area contributed by atoms with Gasteiger partial charge in [-0.05, 0) is 31.0 Å². The van der Waals surface area contributed by atoms with Gasteiger partial charge in [0, 0.05) is 27.8 Å². The molecule has 0 bridgehead atoms. The van der Waals surface area contributed by atoms with Gasteiger partial charge in [-0.3, -0.25) is 0 Å². The van der Waals surface area contributed by atoms with Crippen molar-refractivity contribution in [2.45, 2.75) is 48.8 Å². The molecule has 1 atom stereocenters. The summed E-state index contributed by atoms with van der Waals surface area (Å²) >= 11 is 7.87. The van der Waals surface area contributed by atoms with Crippen molar-refractivity contribution in [3.63, 3.8) is 0 Å². The minimum Gasteiger partial charge on any atom is -0.313 e. The zero-order chi connectivity index (χ0) is 12.1. The number of hydrogen-bond donors (Lipinski definition) is 1. The van der Waals surface area contributed by atoms with Crippen LogP contribution in [0.3, 0.4) is 0 Å². The Hall–Kier alpha value is -0.180. The summed E-state index contributed by atoms with van der Waals surface area (Å²) in [6.45, 7) is 3.36. The first kappa shape index (κ1) is 13.3. The van der Waals surface area contributed by atoms with Crippen LogP contribution < -0.4 is 5.32 Å². The first-order chi connectivity index (χ1) is 8.24. The monoisotopic (exact) mass is 269 g/mol. The van der Waals surface area contributed by atoms with Crippen LogP contribution in [0.25, 0.3) is 0 Å². The van der Waals surface area contributed by atoms with Crippen LogP contribution in [0.2, 0.25) is 5.02 Å². The molecule has 1 nitrogen and oxygen atoms in total. The molecule has 1 unspecified atom stereocenters. The van der Waals surface area contributed by atoms with Crippen LogP contribution in [0, 0.1) is 0 Å². The van der Waals surface area contributed by atoms with Crippen LogP contribution >= 0.6 is 23.4 Å². The molecule has 0 amide bonds. The first-order valence-corrected chi connectivity index (χ1v) is 7.65. The molecule has 0 radical (unpaired) electrons. The fourth-order valence-electron chi connectivity index (χ4n) is 2.28. The highest BCUT2D eigenvalue weighted by atomic mass is 35.5. The molecular weight excluding hydrogens is 250 g/mol. The van der Waals surface area contributed by atoms with Gasteiger partial charge in [0.25, 0.3) is 0 Å². The van der Waals surface area contributed by atoms with E-state index in [0.29, 0.717) is 5.25 Å². The second kappa shape index (κ2) is 6.67. The van der Waals surface area contributed by atoms with Crippen LogP contribution in [0.5, 0.6) is 0 Å². The molecule has 1 fully saturated rings. The number of rotatable bonds is 5. The van der Waals surface area contributed by atoms with Gasteiger partial charge in [-0.1, -0.05) is 37.4 Å². The molecule has 0 saturated heterocycles. The molecule has 1 aliphatic carbocycles. The Kier molecular flexibility index (Phi) is 5.20. The van der Waals surface area contributed by atoms with Crippen LogP contribution in [-0.4, -0.2) is 17.8 Å². The summed E-state index contributed by atoms with van der Waals surface area (Å²) in [5.41, 5.74) is 0. The van der Waals surface area contributed by atoms with Gasteiger partial charge >= 0.3 is 0 Å². The fourth-order valence-corrected chi connectivity index (χ4v) is 3.53. The summed E-state index contributed by atoms with van der Waals surface area (Å²) < 4.78 is 0. The maximum Gasteiger partial charge on any atom is 0.0417 e. The molecule has 0 heterocycles. The van der Waals surface area contributed by atoms with Gasteiger partial charge in [-0.15, -0.1) is 11.8 Å². The van der Waals surface area contributed by atoms with Gasteiger partial charge in [-0.2, -0.15) is 0 Å². The van der Waals surface area contributed by atoms with E-state index in [1.807, 2.05) is 30.0 Å². The number of nitrogens with one attached hydrogen (secondary N) is 1. The SMILES string of the molecule is CC(CNC1CCCC1)Sc1cccc(Cl)c1. The molecular formula is C14H20ClNS. The molecule has 1 aromatic carbocycles. The van der Waals surface area contributed by atoms with Crippen molar-refractivity contribution < 1.29 is 0 Å². The predicted molar refractivity (Wildman–Crippen MR) is 77.0 cm³/mol. The molecule has 0 aliphatic heterocycles. The second-order valence-corrected chi connectivity index (χ2v) is 6.72. The minimum atomic E-state index is 0.592.